The maximum atomic E-state index is 12.1. The average Bonchev–Trinajstić information content (AvgIpc) is 3.24. The minimum Gasteiger partial charge on any atom is -0.484 e. The molecule has 3 aliphatic rings. The van der Waals surface area contributed by atoms with E-state index in [1.54, 1.807) is 0 Å². The molecule has 2 saturated heterocycles. The molecule has 0 atom stereocenters. The zero-order chi connectivity index (χ0) is 19.4. The number of carbonyl (C=O) groups excluding carboxylic acids is 1. The zero-order valence-electron chi connectivity index (χ0n) is 17.0. The average molecular weight is 385 g/mol. The topological polar surface area (TPSA) is 42.0 Å². The first-order chi connectivity index (χ1) is 13.6. The van der Waals surface area contributed by atoms with E-state index in [1.165, 1.54) is 11.1 Å². The monoisotopic (exact) mass is 384 g/mol. The van der Waals surface area contributed by atoms with Crippen LogP contribution in [0.2, 0.25) is 0 Å². The number of benzene rings is 1. The molecule has 0 aromatic heterocycles. The second-order valence-corrected chi connectivity index (χ2v) is 8.45. The van der Waals surface area contributed by atoms with Gasteiger partial charge in [-0.25, -0.2) is 0 Å². The lowest BCUT2D eigenvalue weighted by molar-refractivity contribution is -0.132. The highest BCUT2D eigenvalue weighted by atomic mass is 16.5. The Morgan fingerprint density at radius 2 is 1.82 bits per heavy atom. The molecule has 0 unspecified atom stereocenters. The molecule has 5 nitrogen and oxygen atoms in total. The van der Waals surface area contributed by atoms with Crippen LogP contribution < -0.4 is 4.74 Å². The predicted molar refractivity (Wildman–Crippen MR) is 109 cm³/mol. The molecule has 5 heteroatoms. The van der Waals surface area contributed by atoms with Crippen molar-refractivity contribution in [3.8, 4) is 5.75 Å². The van der Waals surface area contributed by atoms with E-state index in [-0.39, 0.29) is 18.1 Å². The number of piperidine rings is 1. The predicted octanol–water partition coefficient (Wildman–Crippen LogP) is 3.39. The number of likely N-dealkylation sites (tertiary alicyclic amines) is 2. The third-order valence-corrected chi connectivity index (χ3v) is 6.25. The molecule has 0 saturated carbocycles. The largest absolute Gasteiger partial charge is 0.484 e. The lowest BCUT2D eigenvalue weighted by Gasteiger charge is -2.42. The summed E-state index contributed by atoms with van der Waals surface area (Å²) in [5.74, 6) is 0.864. The molecule has 0 radical (unpaired) electrons. The van der Waals surface area contributed by atoms with Crippen molar-refractivity contribution in [2.75, 3.05) is 39.4 Å². The molecule has 1 spiro atoms. The van der Waals surface area contributed by atoms with Crippen LogP contribution in [0.15, 0.2) is 35.9 Å². The van der Waals surface area contributed by atoms with Crippen molar-refractivity contribution in [3.05, 3.63) is 41.5 Å². The van der Waals surface area contributed by atoms with Gasteiger partial charge in [0.05, 0.1) is 12.2 Å². The summed E-state index contributed by atoms with van der Waals surface area (Å²) in [7, 11) is 0. The summed E-state index contributed by atoms with van der Waals surface area (Å²) in [4.78, 5) is 16.5. The molecule has 152 valence electrons. The molecule has 3 aliphatic heterocycles. The van der Waals surface area contributed by atoms with Crippen LogP contribution in [0.25, 0.3) is 0 Å². The van der Waals surface area contributed by atoms with Crippen molar-refractivity contribution in [2.24, 2.45) is 0 Å². The number of carbonyl (C=O) groups is 1. The van der Waals surface area contributed by atoms with E-state index in [9.17, 15) is 4.79 Å². The summed E-state index contributed by atoms with van der Waals surface area (Å²) in [6, 6.07) is 8.19. The summed E-state index contributed by atoms with van der Waals surface area (Å²) >= 11 is 0. The Kier molecular flexibility index (Phi) is 6.02. The van der Waals surface area contributed by atoms with Gasteiger partial charge in [-0.2, -0.15) is 0 Å². The molecule has 1 aromatic rings. The Bertz CT molecular complexity index is 699. The molecular weight excluding hydrogens is 352 g/mol. The fourth-order valence-electron chi connectivity index (χ4n) is 4.51. The van der Waals surface area contributed by atoms with Gasteiger partial charge in [-0.3, -0.25) is 9.69 Å². The number of nitrogens with zero attached hydrogens (tertiary/aromatic N) is 2. The Balaban J connectivity index is 1.24. The van der Waals surface area contributed by atoms with Gasteiger partial charge in [0.1, 0.15) is 5.75 Å². The van der Waals surface area contributed by atoms with E-state index >= 15 is 0 Å². The van der Waals surface area contributed by atoms with E-state index in [4.69, 9.17) is 9.47 Å². The molecule has 2 fully saturated rings. The van der Waals surface area contributed by atoms with E-state index in [0.29, 0.717) is 0 Å². The SMILES string of the molecule is CC1=CC2(CCN(Cc3ccc(OCC(=O)N4CCCC4)cc3)CC2)OCC1. The van der Waals surface area contributed by atoms with E-state index < -0.39 is 0 Å². The van der Waals surface area contributed by atoms with Crippen LogP contribution in [0.1, 0.15) is 44.6 Å². The van der Waals surface area contributed by atoms with Crippen molar-refractivity contribution < 1.29 is 14.3 Å². The first-order valence-corrected chi connectivity index (χ1v) is 10.7. The Morgan fingerprint density at radius 1 is 1.11 bits per heavy atom. The van der Waals surface area contributed by atoms with Gasteiger partial charge in [0.15, 0.2) is 6.61 Å². The summed E-state index contributed by atoms with van der Waals surface area (Å²) in [5, 5.41) is 0. The number of amides is 1. The lowest BCUT2D eigenvalue weighted by atomic mass is 9.87. The summed E-state index contributed by atoms with van der Waals surface area (Å²) in [5.41, 5.74) is 2.74. The maximum Gasteiger partial charge on any atom is 0.260 e. The van der Waals surface area contributed by atoms with Crippen LogP contribution in [0.3, 0.4) is 0 Å². The minimum atomic E-state index is -0.0155. The van der Waals surface area contributed by atoms with Crippen molar-refractivity contribution in [1.29, 1.82) is 0 Å². The normalized spacial score (nSPS) is 22.3. The quantitative estimate of drug-likeness (QED) is 0.730. The van der Waals surface area contributed by atoms with Gasteiger partial charge >= 0.3 is 0 Å². The van der Waals surface area contributed by atoms with Crippen LogP contribution in [0.4, 0.5) is 0 Å². The van der Waals surface area contributed by atoms with E-state index in [2.05, 4.69) is 30.0 Å². The second kappa shape index (κ2) is 8.66. The summed E-state index contributed by atoms with van der Waals surface area (Å²) < 4.78 is 11.8. The lowest BCUT2D eigenvalue weighted by Crippen LogP contribution is -2.46. The Morgan fingerprint density at radius 3 is 2.50 bits per heavy atom. The number of hydrogen-bond acceptors (Lipinski definition) is 4. The first-order valence-electron chi connectivity index (χ1n) is 10.7. The Hall–Kier alpha value is -1.85. The smallest absolute Gasteiger partial charge is 0.260 e. The van der Waals surface area contributed by atoms with Crippen LogP contribution >= 0.6 is 0 Å². The standard InChI is InChI=1S/C23H32N2O3/c1-19-8-15-28-23(16-19)9-13-24(14-10-23)17-20-4-6-21(7-5-20)27-18-22(26)25-11-2-3-12-25/h4-7,16H,2-3,8-15,17-18H2,1H3. The third-order valence-electron chi connectivity index (χ3n) is 6.25. The fourth-order valence-corrected chi connectivity index (χ4v) is 4.51. The van der Waals surface area contributed by atoms with Crippen molar-refractivity contribution in [3.63, 3.8) is 0 Å². The highest BCUT2D eigenvalue weighted by molar-refractivity contribution is 5.78. The van der Waals surface area contributed by atoms with Gasteiger partial charge in [-0.1, -0.05) is 23.8 Å². The molecule has 3 heterocycles. The van der Waals surface area contributed by atoms with E-state index in [1.807, 2.05) is 17.0 Å². The number of rotatable bonds is 5. The van der Waals surface area contributed by atoms with Crippen molar-refractivity contribution in [2.45, 2.75) is 51.2 Å². The molecule has 4 rings (SSSR count). The minimum absolute atomic E-state index is 0.0155. The molecule has 28 heavy (non-hydrogen) atoms. The van der Waals surface area contributed by atoms with Crippen molar-refractivity contribution in [1.82, 2.24) is 9.80 Å². The van der Waals surface area contributed by atoms with Gasteiger partial charge < -0.3 is 14.4 Å². The molecule has 0 N–H and O–H groups in total. The van der Waals surface area contributed by atoms with Gasteiger partial charge in [0.25, 0.3) is 5.91 Å². The number of hydrogen-bond donors (Lipinski definition) is 0. The van der Waals surface area contributed by atoms with Crippen LogP contribution in [0, 0.1) is 0 Å². The highest BCUT2D eigenvalue weighted by Crippen LogP contribution is 2.33. The number of ether oxygens (including phenoxy) is 2. The third kappa shape index (κ3) is 4.76. The molecule has 0 aliphatic carbocycles. The van der Waals surface area contributed by atoms with Gasteiger partial charge in [0.2, 0.25) is 0 Å². The summed E-state index contributed by atoms with van der Waals surface area (Å²) in [6.45, 7) is 8.05. The highest BCUT2D eigenvalue weighted by Gasteiger charge is 2.35. The Labute approximate surface area is 168 Å². The molecule has 0 bridgehead atoms. The molecule has 1 amide bonds. The van der Waals surface area contributed by atoms with Crippen LogP contribution in [-0.4, -0.2) is 60.7 Å². The van der Waals surface area contributed by atoms with Crippen molar-refractivity contribution >= 4 is 5.91 Å². The van der Waals surface area contributed by atoms with Crippen LogP contribution in [-0.2, 0) is 16.1 Å². The van der Waals surface area contributed by atoms with Gasteiger partial charge in [-0.15, -0.1) is 0 Å². The van der Waals surface area contributed by atoms with Crippen LogP contribution in [0.5, 0.6) is 5.75 Å². The first kappa shape index (κ1) is 19.5. The summed E-state index contributed by atoms with van der Waals surface area (Å²) in [6.07, 6.45) is 7.81. The van der Waals surface area contributed by atoms with Gasteiger partial charge in [-0.05, 0) is 56.7 Å². The molecular formula is C23H32N2O3. The van der Waals surface area contributed by atoms with Gasteiger partial charge in [0, 0.05) is 32.7 Å². The maximum absolute atomic E-state index is 12.1. The van der Waals surface area contributed by atoms with E-state index in [0.717, 1.165) is 77.2 Å². The fraction of sp³-hybridized carbons (Fsp3) is 0.609. The second-order valence-electron chi connectivity index (χ2n) is 8.45. The zero-order valence-corrected chi connectivity index (χ0v) is 17.0. The molecule has 1 aromatic carbocycles.